The van der Waals surface area contributed by atoms with Crippen molar-refractivity contribution < 1.29 is 9.18 Å². The Kier molecular flexibility index (Phi) is 4.33. The fourth-order valence-electron chi connectivity index (χ4n) is 2.16. The molecule has 2 rings (SSSR count). The summed E-state index contributed by atoms with van der Waals surface area (Å²) in [5, 5.41) is 6.07. The maximum atomic E-state index is 13.1. The fourth-order valence-corrected chi connectivity index (χ4v) is 2.72. The van der Waals surface area contributed by atoms with Crippen LogP contribution in [0.25, 0.3) is 0 Å². The molecule has 1 atom stereocenters. The van der Waals surface area contributed by atoms with Crippen LogP contribution in [0.5, 0.6) is 0 Å². The van der Waals surface area contributed by atoms with Gasteiger partial charge in [0.2, 0.25) is 5.91 Å². The van der Waals surface area contributed by atoms with E-state index in [4.69, 9.17) is 23.2 Å². The number of amides is 1. The maximum absolute atomic E-state index is 13.1. The summed E-state index contributed by atoms with van der Waals surface area (Å²) >= 11 is 11.8. The van der Waals surface area contributed by atoms with Gasteiger partial charge in [-0.15, -0.1) is 0 Å². The zero-order valence-corrected chi connectivity index (χ0v) is 12.0. The van der Waals surface area contributed by atoms with Crippen molar-refractivity contribution in [2.75, 3.05) is 11.9 Å². The molecule has 1 unspecified atom stereocenters. The third-order valence-electron chi connectivity index (χ3n) is 3.37. The highest BCUT2D eigenvalue weighted by Gasteiger charge is 2.34. The number of benzene rings is 1. The first-order valence-corrected chi connectivity index (χ1v) is 6.89. The average Bonchev–Trinajstić information content (AvgIpc) is 2.34. The molecule has 1 heterocycles. The molecule has 0 bridgehead atoms. The van der Waals surface area contributed by atoms with Crippen LogP contribution in [-0.2, 0) is 4.79 Å². The van der Waals surface area contributed by atoms with Gasteiger partial charge in [-0.05, 0) is 44.9 Å². The molecule has 1 saturated heterocycles. The van der Waals surface area contributed by atoms with Crippen molar-refractivity contribution in [3.05, 3.63) is 28.0 Å². The molecule has 1 aliphatic rings. The van der Waals surface area contributed by atoms with E-state index in [1.807, 2.05) is 6.92 Å². The SMILES string of the molecule is CC1(C(=O)Nc2c(Cl)cc(F)cc2Cl)CCCCN1. The van der Waals surface area contributed by atoms with Gasteiger partial charge in [-0.25, -0.2) is 4.39 Å². The average molecular weight is 305 g/mol. The van der Waals surface area contributed by atoms with E-state index in [0.29, 0.717) is 0 Å². The summed E-state index contributed by atoms with van der Waals surface area (Å²) in [7, 11) is 0. The minimum Gasteiger partial charge on any atom is -0.322 e. The Bertz CT molecular complexity index is 478. The molecule has 0 radical (unpaired) electrons. The molecule has 0 saturated carbocycles. The zero-order chi connectivity index (χ0) is 14.0. The Morgan fingerprint density at radius 2 is 2.00 bits per heavy atom. The Morgan fingerprint density at radius 3 is 2.53 bits per heavy atom. The number of carbonyl (C=O) groups excluding carboxylic acids is 1. The van der Waals surface area contributed by atoms with Gasteiger partial charge < -0.3 is 10.6 Å². The van der Waals surface area contributed by atoms with Gasteiger partial charge in [-0.3, -0.25) is 4.79 Å². The molecule has 0 aliphatic carbocycles. The first kappa shape index (κ1) is 14.6. The van der Waals surface area contributed by atoms with Crippen LogP contribution in [0.1, 0.15) is 26.2 Å². The lowest BCUT2D eigenvalue weighted by Crippen LogP contribution is -2.54. The van der Waals surface area contributed by atoms with Gasteiger partial charge in [0.1, 0.15) is 5.82 Å². The molecule has 1 amide bonds. The monoisotopic (exact) mass is 304 g/mol. The highest BCUT2D eigenvalue weighted by molar-refractivity contribution is 6.39. The molecule has 19 heavy (non-hydrogen) atoms. The molecule has 0 spiro atoms. The van der Waals surface area contributed by atoms with Gasteiger partial charge in [-0.2, -0.15) is 0 Å². The van der Waals surface area contributed by atoms with E-state index in [0.717, 1.165) is 37.9 Å². The lowest BCUT2D eigenvalue weighted by atomic mass is 9.90. The van der Waals surface area contributed by atoms with Crippen molar-refractivity contribution >= 4 is 34.8 Å². The van der Waals surface area contributed by atoms with Crippen molar-refractivity contribution in [3.8, 4) is 0 Å². The molecule has 6 heteroatoms. The van der Waals surface area contributed by atoms with Gasteiger partial charge >= 0.3 is 0 Å². The Hall–Kier alpha value is -0.840. The number of hydrogen-bond acceptors (Lipinski definition) is 2. The zero-order valence-electron chi connectivity index (χ0n) is 10.5. The number of halogens is 3. The lowest BCUT2D eigenvalue weighted by molar-refractivity contribution is -0.122. The van der Waals surface area contributed by atoms with Crippen molar-refractivity contribution in [3.63, 3.8) is 0 Å². The molecular formula is C13H15Cl2FN2O. The standard InChI is InChI=1S/C13H15Cl2FN2O/c1-13(4-2-3-5-17-13)12(19)18-11-9(14)6-8(16)7-10(11)15/h6-7,17H,2-5H2,1H3,(H,18,19). The van der Waals surface area contributed by atoms with Gasteiger partial charge in [0.05, 0.1) is 21.3 Å². The molecule has 1 aromatic carbocycles. The summed E-state index contributed by atoms with van der Waals surface area (Å²) in [5.41, 5.74) is -0.387. The topological polar surface area (TPSA) is 41.1 Å². The largest absolute Gasteiger partial charge is 0.322 e. The first-order chi connectivity index (χ1) is 8.92. The molecule has 2 N–H and O–H groups in total. The number of carbonyl (C=O) groups is 1. The van der Waals surface area contributed by atoms with E-state index in [1.54, 1.807) is 0 Å². The molecule has 1 fully saturated rings. The number of anilines is 1. The van der Waals surface area contributed by atoms with Crippen molar-refractivity contribution in [1.82, 2.24) is 5.32 Å². The predicted octanol–water partition coefficient (Wildman–Crippen LogP) is 3.60. The van der Waals surface area contributed by atoms with Crippen LogP contribution in [0.3, 0.4) is 0 Å². The van der Waals surface area contributed by atoms with E-state index in [-0.39, 0.29) is 21.6 Å². The second-order valence-corrected chi connectivity index (χ2v) is 5.73. The molecular weight excluding hydrogens is 290 g/mol. The number of rotatable bonds is 2. The second kappa shape index (κ2) is 5.65. The fraction of sp³-hybridized carbons (Fsp3) is 0.462. The summed E-state index contributed by atoms with van der Waals surface area (Å²) < 4.78 is 13.1. The summed E-state index contributed by atoms with van der Waals surface area (Å²) in [6.07, 6.45) is 2.79. The summed E-state index contributed by atoms with van der Waals surface area (Å²) in [6.45, 7) is 2.64. The molecule has 0 aromatic heterocycles. The Labute approximate surface area is 121 Å². The number of nitrogens with one attached hydrogen (secondary N) is 2. The third-order valence-corrected chi connectivity index (χ3v) is 3.96. The highest BCUT2D eigenvalue weighted by Crippen LogP contribution is 2.32. The van der Waals surface area contributed by atoms with Crippen molar-refractivity contribution in [2.24, 2.45) is 0 Å². The van der Waals surface area contributed by atoms with Crippen LogP contribution in [-0.4, -0.2) is 18.0 Å². The van der Waals surface area contributed by atoms with Crippen molar-refractivity contribution in [1.29, 1.82) is 0 Å². The van der Waals surface area contributed by atoms with E-state index in [1.165, 1.54) is 0 Å². The lowest BCUT2D eigenvalue weighted by Gasteiger charge is -2.33. The van der Waals surface area contributed by atoms with Crippen LogP contribution in [0.2, 0.25) is 10.0 Å². The van der Waals surface area contributed by atoms with Crippen LogP contribution >= 0.6 is 23.2 Å². The minimum absolute atomic E-state index is 0.0951. The highest BCUT2D eigenvalue weighted by atomic mass is 35.5. The number of hydrogen-bond donors (Lipinski definition) is 2. The Morgan fingerprint density at radius 1 is 1.37 bits per heavy atom. The van der Waals surface area contributed by atoms with E-state index >= 15 is 0 Å². The van der Waals surface area contributed by atoms with Gasteiger partial charge in [0.15, 0.2) is 0 Å². The maximum Gasteiger partial charge on any atom is 0.244 e. The summed E-state index contributed by atoms with van der Waals surface area (Å²) in [6, 6.07) is 2.25. The van der Waals surface area contributed by atoms with Gasteiger partial charge in [-0.1, -0.05) is 23.2 Å². The van der Waals surface area contributed by atoms with Crippen LogP contribution in [0.15, 0.2) is 12.1 Å². The van der Waals surface area contributed by atoms with E-state index in [2.05, 4.69) is 10.6 Å². The summed E-state index contributed by atoms with van der Waals surface area (Å²) in [4.78, 5) is 12.3. The minimum atomic E-state index is -0.640. The van der Waals surface area contributed by atoms with Crippen LogP contribution < -0.4 is 10.6 Å². The molecule has 1 aromatic rings. The van der Waals surface area contributed by atoms with Crippen LogP contribution in [0, 0.1) is 5.82 Å². The van der Waals surface area contributed by atoms with Crippen LogP contribution in [0.4, 0.5) is 10.1 Å². The number of piperidine rings is 1. The third kappa shape index (κ3) is 3.19. The first-order valence-electron chi connectivity index (χ1n) is 6.13. The van der Waals surface area contributed by atoms with Gasteiger partial charge in [0.25, 0.3) is 0 Å². The molecule has 104 valence electrons. The molecule has 3 nitrogen and oxygen atoms in total. The Balaban J connectivity index is 2.19. The normalized spacial score (nSPS) is 23.2. The predicted molar refractivity (Wildman–Crippen MR) is 75.3 cm³/mol. The van der Waals surface area contributed by atoms with E-state index < -0.39 is 11.4 Å². The second-order valence-electron chi connectivity index (χ2n) is 4.91. The smallest absolute Gasteiger partial charge is 0.244 e. The summed E-state index contributed by atoms with van der Waals surface area (Å²) in [5.74, 6) is -0.738. The van der Waals surface area contributed by atoms with E-state index in [9.17, 15) is 9.18 Å². The van der Waals surface area contributed by atoms with Crippen molar-refractivity contribution in [2.45, 2.75) is 31.7 Å². The van der Waals surface area contributed by atoms with Gasteiger partial charge in [0, 0.05) is 0 Å². The quantitative estimate of drug-likeness (QED) is 0.876. The molecule has 1 aliphatic heterocycles.